The third-order valence-electron chi connectivity index (χ3n) is 4.10. The highest BCUT2D eigenvalue weighted by Gasteiger charge is 2.34. The molecule has 2 amide bonds. The van der Waals surface area contributed by atoms with Gasteiger partial charge in [0.05, 0.1) is 11.3 Å². The van der Waals surface area contributed by atoms with Gasteiger partial charge in [0.25, 0.3) is 0 Å². The minimum Gasteiger partial charge on any atom is -0.326 e. The van der Waals surface area contributed by atoms with Crippen LogP contribution in [0.1, 0.15) is 35.9 Å². The second-order valence-electron chi connectivity index (χ2n) is 6.35. The molecule has 0 fully saturated rings. The molecule has 1 aromatic carbocycles. The molecule has 0 atom stereocenters. The molecule has 0 aliphatic heterocycles. The van der Waals surface area contributed by atoms with Crippen molar-refractivity contribution in [2.45, 2.75) is 44.9 Å². The topological polar surface area (TPSA) is 84.0 Å². The molecule has 6 nitrogen and oxygen atoms in total. The predicted molar refractivity (Wildman–Crippen MR) is 106 cm³/mol. The summed E-state index contributed by atoms with van der Waals surface area (Å²) in [7, 11) is 0. The van der Waals surface area contributed by atoms with E-state index in [0.717, 1.165) is 29.1 Å². The minimum atomic E-state index is -4.69. The van der Waals surface area contributed by atoms with Crippen LogP contribution >= 0.6 is 11.8 Å². The smallest absolute Gasteiger partial charge is 0.326 e. The molecule has 0 radical (unpaired) electrons. The molecule has 1 heterocycles. The van der Waals surface area contributed by atoms with Crippen LogP contribution < -0.4 is 10.6 Å². The monoisotopic (exact) mass is 426 g/mol. The van der Waals surface area contributed by atoms with Gasteiger partial charge in [-0.1, -0.05) is 11.8 Å². The van der Waals surface area contributed by atoms with Gasteiger partial charge in [0.2, 0.25) is 11.8 Å². The standard InChI is InChI=1S/C19H21F3N4O2S/c1-10-14(11(2)24-18(23-10)29-4)6-8-17(28)26-16-7-5-13(25-12(3)27)9-15(16)19(20,21)22/h5,7,9H,6,8H2,1-4H3,(H,25,27)(H,26,28). The van der Waals surface area contributed by atoms with E-state index in [2.05, 4.69) is 20.6 Å². The molecule has 0 aliphatic rings. The van der Waals surface area contributed by atoms with Gasteiger partial charge in [0, 0.05) is 30.4 Å². The molecule has 0 saturated carbocycles. The maximum absolute atomic E-state index is 13.4. The number of halogens is 3. The number of carbonyl (C=O) groups is 2. The molecule has 2 N–H and O–H groups in total. The Balaban J connectivity index is 2.15. The summed E-state index contributed by atoms with van der Waals surface area (Å²) >= 11 is 1.41. The third kappa shape index (κ3) is 6.18. The number of nitrogens with one attached hydrogen (secondary N) is 2. The first-order valence-corrected chi connectivity index (χ1v) is 9.90. The fourth-order valence-corrected chi connectivity index (χ4v) is 3.24. The Morgan fingerprint density at radius 1 is 1.10 bits per heavy atom. The predicted octanol–water partition coefficient (Wildman–Crippen LogP) is 4.36. The quantitative estimate of drug-likeness (QED) is 0.530. The van der Waals surface area contributed by atoms with E-state index in [-0.39, 0.29) is 17.8 Å². The van der Waals surface area contributed by atoms with E-state index >= 15 is 0 Å². The van der Waals surface area contributed by atoms with Gasteiger partial charge in [-0.3, -0.25) is 9.59 Å². The lowest BCUT2D eigenvalue weighted by Gasteiger charge is -2.16. The molecule has 0 aliphatic carbocycles. The highest BCUT2D eigenvalue weighted by Crippen LogP contribution is 2.36. The van der Waals surface area contributed by atoms with Crippen molar-refractivity contribution in [3.05, 3.63) is 40.7 Å². The molecule has 2 aromatic rings. The second-order valence-corrected chi connectivity index (χ2v) is 7.12. The lowest BCUT2D eigenvalue weighted by molar-refractivity contribution is -0.137. The molecule has 10 heteroatoms. The summed E-state index contributed by atoms with van der Waals surface area (Å²) in [6.07, 6.45) is -2.54. The normalized spacial score (nSPS) is 11.3. The molecular weight excluding hydrogens is 405 g/mol. The molecular formula is C19H21F3N4O2S. The Morgan fingerprint density at radius 3 is 2.24 bits per heavy atom. The third-order valence-corrected chi connectivity index (χ3v) is 4.65. The highest BCUT2D eigenvalue weighted by atomic mass is 32.2. The summed E-state index contributed by atoms with van der Waals surface area (Å²) in [4.78, 5) is 32.0. The molecule has 0 spiro atoms. The van der Waals surface area contributed by atoms with Crippen molar-refractivity contribution in [3.63, 3.8) is 0 Å². The lowest BCUT2D eigenvalue weighted by Crippen LogP contribution is -2.18. The number of rotatable bonds is 6. The van der Waals surface area contributed by atoms with Crippen molar-refractivity contribution in [1.82, 2.24) is 9.97 Å². The van der Waals surface area contributed by atoms with E-state index in [0.29, 0.717) is 11.6 Å². The Morgan fingerprint density at radius 2 is 1.72 bits per heavy atom. The number of benzene rings is 1. The summed E-state index contributed by atoms with van der Waals surface area (Å²) in [5.41, 5.74) is 0.891. The van der Waals surface area contributed by atoms with Gasteiger partial charge >= 0.3 is 6.18 Å². The van der Waals surface area contributed by atoms with Crippen molar-refractivity contribution >= 4 is 35.0 Å². The molecule has 2 rings (SSSR count). The summed E-state index contributed by atoms with van der Waals surface area (Å²) in [6, 6.07) is 3.22. The first-order chi connectivity index (χ1) is 13.5. The van der Waals surface area contributed by atoms with Crippen molar-refractivity contribution < 1.29 is 22.8 Å². The zero-order valence-corrected chi connectivity index (χ0v) is 17.2. The number of hydrogen-bond donors (Lipinski definition) is 2. The maximum Gasteiger partial charge on any atom is 0.418 e. The Labute approximate surface area is 170 Å². The fraction of sp³-hybridized carbons (Fsp3) is 0.368. The minimum absolute atomic E-state index is 0.0000982. The van der Waals surface area contributed by atoms with E-state index in [1.54, 1.807) is 0 Å². The number of amides is 2. The van der Waals surface area contributed by atoms with E-state index in [4.69, 9.17) is 0 Å². The molecule has 1 aromatic heterocycles. The Bertz CT molecular complexity index is 909. The number of aromatic nitrogens is 2. The van der Waals surface area contributed by atoms with Crippen LogP contribution in [0.2, 0.25) is 0 Å². The fourth-order valence-electron chi connectivity index (χ4n) is 2.78. The second kappa shape index (κ2) is 9.25. The van der Waals surface area contributed by atoms with Gasteiger partial charge in [0.1, 0.15) is 0 Å². The van der Waals surface area contributed by atoms with Crippen LogP contribution in [0.4, 0.5) is 24.5 Å². The number of thioether (sulfide) groups is 1. The van der Waals surface area contributed by atoms with Gasteiger partial charge in [-0.15, -0.1) is 0 Å². The maximum atomic E-state index is 13.4. The Kier molecular flexibility index (Phi) is 7.23. The summed E-state index contributed by atoms with van der Waals surface area (Å²) in [5.74, 6) is -1.05. The van der Waals surface area contributed by atoms with Crippen LogP contribution in [0.25, 0.3) is 0 Å². The molecule has 156 valence electrons. The van der Waals surface area contributed by atoms with Gasteiger partial charge in [-0.25, -0.2) is 9.97 Å². The zero-order chi connectivity index (χ0) is 21.8. The first kappa shape index (κ1) is 22.7. The van der Waals surface area contributed by atoms with Gasteiger partial charge in [-0.2, -0.15) is 13.2 Å². The number of nitrogens with zero attached hydrogens (tertiary/aromatic N) is 2. The van der Waals surface area contributed by atoms with E-state index < -0.39 is 23.6 Å². The summed E-state index contributed by atoms with van der Waals surface area (Å²) < 4.78 is 40.1. The van der Waals surface area contributed by atoms with Crippen molar-refractivity contribution in [2.24, 2.45) is 0 Å². The van der Waals surface area contributed by atoms with Crippen LogP contribution in [0, 0.1) is 13.8 Å². The Hall–Kier alpha value is -2.62. The van der Waals surface area contributed by atoms with Crippen LogP contribution in [-0.4, -0.2) is 28.0 Å². The first-order valence-electron chi connectivity index (χ1n) is 8.68. The lowest BCUT2D eigenvalue weighted by atomic mass is 10.1. The van der Waals surface area contributed by atoms with E-state index in [1.807, 2.05) is 20.1 Å². The van der Waals surface area contributed by atoms with Crippen LogP contribution in [0.5, 0.6) is 0 Å². The highest BCUT2D eigenvalue weighted by molar-refractivity contribution is 7.98. The van der Waals surface area contributed by atoms with Crippen LogP contribution in [0.15, 0.2) is 23.4 Å². The van der Waals surface area contributed by atoms with Crippen molar-refractivity contribution in [3.8, 4) is 0 Å². The number of anilines is 2. The van der Waals surface area contributed by atoms with Crippen molar-refractivity contribution in [1.29, 1.82) is 0 Å². The van der Waals surface area contributed by atoms with Gasteiger partial charge in [0.15, 0.2) is 5.16 Å². The van der Waals surface area contributed by atoms with Gasteiger partial charge < -0.3 is 10.6 Å². The van der Waals surface area contributed by atoms with Crippen molar-refractivity contribution in [2.75, 3.05) is 16.9 Å². The number of alkyl halides is 3. The average Bonchev–Trinajstić information content (AvgIpc) is 2.60. The van der Waals surface area contributed by atoms with E-state index in [1.165, 1.54) is 24.8 Å². The summed E-state index contributed by atoms with van der Waals surface area (Å²) in [5, 5.41) is 5.24. The molecule has 0 bridgehead atoms. The zero-order valence-electron chi connectivity index (χ0n) is 16.4. The molecule has 0 unspecified atom stereocenters. The molecule has 0 saturated heterocycles. The number of aryl methyl sites for hydroxylation is 2. The number of hydrogen-bond acceptors (Lipinski definition) is 5. The van der Waals surface area contributed by atoms with Gasteiger partial charge in [-0.05, 0) is 50.3 Å². The van der Waals surface area contributed by atoms with Crippen LogP contribution in [-0.2, 0) is 22.2 Å². The summed E-state index contributed by atoms with van der Waals surface area (Å²) in [6.45, 7) is 4.82. The van der Waals surface area contributed by atoms with E-state index in [9.17, 15) is 22.8 Å². The molecule has 29 heavy (non-hydrogen) atoms. The number of carbonyl (C=O) groups excluding carboxylic acids is 2. The van der Waals surface area contributed by atoms with Crippen LogP contribution in [0.3, 0.4) is 0 Å². The largest absolute Gasteiger partial charge is 0.418 e. The SMILES string of the molecule is CSc1nc(C)c(CCC(=O)Nc2ccc(NC(C)=O)cc2C(F)(F)F)c(C)n1. The average molecular weight is 426 g/mol.